The van der Waals surface area contributed by atoms with Crippen LogP contribution in [0.3, 0.4) is 0 Å². The van der Waals surface area contributed by atoms with Gasteiger partial charge in [0.05, 0.1) is 18.8 Å². The minimum absolute atomic E-state index is 0.293. The third-order valence-corrected chi connectivity index (χ3v) is 3.94. The summed E-state index contributed by atoms with van der Waals surface area (Å²) in [5, 5.41) is 5.63. The summed E-state index contributed by atoms with van der Waals surface area (Å²) in [6, 6.07) is 8.93. The quantitative estimate of drug-likeness (QED) is 0.644. The summed E-state index contributed by atoms with van der Waals surface area (Å²) < 4.78 is 5.67. The van der Waals surface area contributed by atoms with Crippen molar-refractivity contribution in [3.05, 3.63) is 60.2 Å². The zero-order valence-corrected chi connectivity index (χ0v) is 14.3. The van der Waals surface area contributed by atoms with Gasteiger partial charge in [-0.3, -0.25) is 4.98 Å². The van der Waals surface area contributed by atoms with E-state index in [1.807, 2.05) is 24.3 Å². The lowest BCUT2D eigenvalue weighted by molar-refractivity contribution is 0.251. The SMILES string of the molecule is N/C=C(\N)CN1CCOc2ccc(NC(=O)NCc3cccnc3)cc21. The summed E-state index contributed by atoms with van der Waals surface area (Å²) in [4.78, 5) is 18.2. The predicted octanol–water partition coefficient (Wildman–Crippen LogP) is 1.36. The van der Waals surface area contributed by atoms with Crippen molar-refractivity contribution in [1.29, 1.82) is 0 Å². The molecule has 1 aromatic carbocycles. The molecule has 0 unspecified atom stereocenters. The van der Waals surface area contributed by atoms with Crippen LogP contribution in [0.15, 0.2) is 54.6 Å². The van der Waals surface area contributed by atoms with E-state index < -0.39 is 0 Å². The Kier molecular flexibility index (Phi) is 5.43. The van der Waals surface area contributed by atoms with Crippen LogP contribution >= 0.6 is 0 Å². The Morgan fingerprint density at radius 3 is 3.04 bits per heavy atom. The molecule has 0 bridgehead atoms. The van der Waals surface area contributed by atoms with Gasteiger partial charge in [-0.25, -0.2) is 4.79 Å². The molecule has 1 aliphatic rings. The Hall–Kier alpha value is -3.42. The van der Waals surface area contributed by atoms with Gasteiger partial charge in [0.25, 0.3) is 0 Å². The van der Waals surface area contributed by atoms with Gasteiger partial charge in [0.1, 0.15) is 12.4 Å². The van der Waals surface area contributed by atoms with Crippen molar-refractivity contribution in [3.8, 4) is 5.75 Å². The van der Waals surface area contributed by atoms with Gasteiger partial charge in [0.15, 0.2) is 0 Å². The number of aromatic nitrogens is 1. The van der Waals surface area contributed by atoms with Crippen LogP contribution in [0.1, 0.15) is 5.56 Å². The molecule has 6 N–H and O–H groups in total. The first-order valence-electron chi connectivity index (χ1n) is 8.27. The minimum atomic E-state index is -0.293. The fourth-order valence-corrected chi connectivity index (χ4v) is 2.65. The van der Waals surface area contributed by atoms with Gasteiger partial charge in [-0.2, -0.15) is 0 Å². The second kappa shape index (κ2) is 8.11. The van der Waals surface area contributed by atoms with E-state index in [0.29, 0.717) is 37.6 Å². The summed E-state index contributed by atoms with van der Waals surface area (Å²) in [5.41, 5.74) is 14.3. The fourth-order valence-electron chi connectivity index (χ4n) is 2.65. The summed E-state index contributed by atoms with van der Waals surface area (Å²) in [5.74, 6) is 0.752. The number of fused-ring (bicyclic) bond motifs is 1. The molecule has 0 fully saturated rings. The van der Waals surface area contributed by atoms with E-state index in [1.165, 1.54) is 6.20 Å². The maximum atomic E-state index is 12.1. The second-order valence-electron chi connectivity index (χ2n) is 5.86. The number of anilines is 2. The monoisotopic (exact) mass is 354 g/mol. The number of hydrogen-bond acceptors (Lipinski definition) is 6. The van der Waals surface area contributed by atoms with Crippen molar-refractivity contribution in [2.24, 2.45) is 11.5 Å². The van der Waals surface area contributed by atoms with Crippen molar-refractivity contribution in [3.63, 3.8) is 0 Å². The summed E-state index contributed by atoms with van der Waals surface area (Å²) in [6.45, 7) is 2.17. The number of carbonyl (C=O) groups is 1. The Balaban J connectivity index is 1.65. The average molecular weight is 354 g/mol. The Morgan fingerprint density at radius 1 is 1.38 bits per heavy atom. The first-order valence-corrected chi connectivity index (χ1v) is 8.27. The molecule has 0 radical (unpaired) electrons. The first kappa shape index (κ1) is 17.4. The van der Waals surface area contributed by atoms with Crippen LogP contribution in [0.2, 0.25) is 0 Å². The number of carbonyl (C=O) groups excluding carboxylic acids is 1. The molecule has 8 heteroatoms. The third kappa shape index (κ3) is 4.35. The average Bonchev–Trinajstić information content (AvgIpc) is 2.67. The van der Waals surface area contributed by atoms with E-state index in [0.717, 1.165) is 17.0 Å². The number of nitrogens with zero attached hydrogens (tertiary/aromatic N) is 2. The summed E-state index contributed by atoms with van der Waals surface area (Å²) in [6.07, 6.45) is 4.80. The Morgan fingerprint density at radius 2 is 2.27 bits per heavy atom. The number of nitrogens with one attached hydrogen (secondary N) is 2. The number of nitrogens with two attached hydrogens (primary N) is 2. The van der Waals surface area contributed by atoms with Crippen molar-refractivity contribution in [2.75, 3.05) is 29.9 Å². The van der Waals surface area contributed by atoms with E-state index >= 15 is 0 Å². The smallest absolute Gasteiger partial charge is 0.319 e. The zero-order valence-electron chi connectivity index (χ0n) is 14.3. The Bertz CT molecular complexity index is 794. The molecular weight excluding hydrogens is 332 g/mol. The minimum Gasteiger partial charge on any atom is -0.490 e. The number of urea groups is 1. The normalized spacial score (nSPS) is 13.5. The molecule has 136 valence electrons. The molecule has 1 aliphatic heterocycles. The fraction of sp³-hybridized carbons (Fsp3) is 0.222. The van der Waals surface area contributed by atoms with Crippen LogP contribution in [0, 0.1) is 0 Å². The van der Waals surface area contributed by atoms with Crippen LogP contribution in [-0.4, -0.2) is 30.7 Å². The predicted molar refractivity (Wildman–Crippen MR) is 101 cm³/mol. The maximum absolute atomic E-state index is 12.1. The van der Waals surface area contributed by atoms with Gasteiger partial charge in [0.2, 0.25) is 0 Å². The van der Waals surface area contributed by atoms with Gasteiger partial charge in [-0.05, 0) is 29.8 Å². The van der Waals surface area contributed by atoms with Crippen LogP contribution in [0.5, 0.6) is 5.75 Å². The molecule has 0 saturated heterocycles. The van der Waals surface area contributed by atoms with Crippen LogP contribution < -0.4 is 31.7 Å². The van der Waals surface area contributed by atoms with Crippen LogP contribution in [-0.2, 0) is 6.54 Å². The number of rotatable bonds is 5. The highest BCUT2D eigenvalue weighted by Gasteiger charge is 2.19. The Labute approximate surface area is 151 Å². The molecule has 2 amide bonds. The topological polar surface area (TPSA) is 119 Å². The molecular formula is C18H22N6O2. The lowest BCUT2D eigenvalue weighted by Gasteiger charge is -2.31. The van der Waals surface area contributed by atoms with Gasteiger partial charge in [0, 0.05) is 36.5 Å². The second-order valence-corrected chi connectivity index (χ2v) is 5.86. The van der Waals surface area contributed by atoms with Crippen LogP contribution in [0.4, 0.5) is 16.2 Å². The molecule has 8 nitrogen and oxygen atoms in total. The standard InChI is InChI=1S/C18H22N6O2/c19-9-14(20)12-24-6-7-26-17-4-3-15(8-16(17)24)23-18(25)22-11-13-2-1-5-21-10-13/h1-5,8-10H,6-7,11-12,19-20H2,(H2,22,23,25)/b14-9-. The van der Waals surface area contributed by atoms with E-state index in [4.69, 9.17) is 16.2 Å². The van der Waals surface area contributed by atoms with Crippen molar-refractivity contribution >= 4 is 17.4 Å². The molecule has 3 rings (SSSR count). The van der Waals surface area contributed by atoms with Crippen molar-refractivity contribution in [1.82, 2.24) is 10.3 Å². The number of benzene rings is 1. The lowest BCUT2D eigenvalue weighted by Crippen LogP contribution is -2.36. The highest BCUT2D eigenvalue weighted by Crippen LogP contribution is 2.34. The van der Waals surface area contributed by atoms with E-state index in [-0.39, 0.29) is 6.03 Å². The molecule has 0 atom stereocenters. The lowest BCUT2D eigenvalue weighted by atomic mass is 10.2. The van der Waals surface area contributed by atoms with Gasteiger partial charge < -0.3 is 31.7 Å². The zero-order chi connectivity index (χ0) is 18.4. The third-order valence-electron chi connectivity index (χ3n) is 3.94. The molecule has 2 heterocycles. The molecule has 0 saturated carbocycles. The van der Waals surface area contributed by atoms with Gasteiger partial charge in [-0.15, -0.1) is 0 Å². The van der Waals surface area contributed by atoms with E-state index in [2.05, 4.69) is 20.5 Å². The maximum Gasteiger partial charge on any atom is 0.319 e. The number of amides is 2. The molecule has 0 spiro atoms. The number of ether oxygens (including phenoxy) is 1. The van der Waals surface area contributed by atoms with Crippen molar-refractivity contribution < 1.29 is 9.53 Å². The summed E-state index contributed by atoms with van der Waals surface area (Å²) in [7, 11) is 0. The van der Waals surface area contributed by atoms with Crippen LogP contribution in [0.25, 0.3) is 0 Å². The highest BCUT2D eigenvalue weighted by molar-refractivity contribution is 5.90. The molecule has 2 aromatic rings. The van der Waals surface area contributed by atoms with Crippen molar-refractivity contribution in [2.45, 2.75) is 6.54 Å². The first-order chi connectivity index (χ1) is 12.7. The molecule has 0 aliphatic carbocycles. The van der Waals surface area contributed by atoms with E-state index in [1.54, 1.807) is 18.5 Å². The largest absolute Gasteiger partial charge is 0.490 e. The number of hydrogen-bond donors (Lipinski definition) is 4. The van der Waals surface area contributed by atoms with Gasteiger partial charge in [-0.1, -0.05) is 6.07 Å². The molecule has 26 heavy (non-hydrogen) atoms. The highest BCUT2D eigenvalue weighted by atomic mass is 16.5. The number of pyridine rings is 1. The van der Waals surface area contributed by atoms with E-state index in [9.17, 15) is 4.79 Å². The van der Waals surface area contributed by atoms with Gasteiger partial charge >= 0.3 is 6.03 Å². The molecule has 1 aromatic heterocycles. The summed E-state index contributed by atoms with van der Waals surface area (Å²) >= 11 is 0.